The molecule has 0 bridgehead atoms. The van der Waals surface area contributed by atoms with Crippen LogP contribution in [0.1, 0.15) is 5.69 Å². The molecule has 0 aliphatic heterocycles. The number of hydrogen-bond acceptors (Lipinski definition) is 3. The van der Waals surface area contributed by atoms with E-state index in [2.05, 4.69) is 4.98 Å². The van der Waals surface area contributed by atoms with Crippen molar-refractivity contribution in [2.45, 2.75) is 6.54 Å². The average Bonchev–Trinajstić information content (AvgIpc) is 2.82. The maximum Gasteiger partial charge on any atom is 0.137 e. The minimum Gasteiger partial charge on any atom is -0.507 e. The smallest absolute Gasteiger partial charge is 0.137 e. The van der Waals surface area contributed by atoms with Gasteiger partial charge in [-0.3, -0.25) is 0 Å². The number of hydrogen-bond donors (Lipinski definition) is 2. The number of imidazole rings is 1. The Bertz CT molecular complexity index is 703. The van der Waals surface area contributed by atoms with Gasteiger partial charge in [0.25, 0.3) is 0 Å². The fraction of sp³-hybridized carbons (Fsp3) is 0.0714. The number of aromatic nitrogens is 2. The fourth-order valence-corrected chi connectivity index (χ4v) is 2.05. The number of fused-ring (bicyclic) bond motifs is 1. The summed E-state index contributed by atoms with van der Waals surface area (Å²) in [7, 11) is 0. The van der Waals surface area contributed by atoms with Gasteiger partial charge in [0.2, 0.25) is 0 Å². The summed E-state index contributed by atoms with van der Waals surface area (Å²) >= 11 is 0. The van der Waals surface area contributed by atoms with Crippen molar-refractivity contribution in [3.8, 4) is 17.0 Å². The number of aromatic hydroxyl groups is 1. The minimum absolute atomic E-state index is 0.232. The highest BCUT2D eigenvalue weighted by Crippen LogP contribution is 2.28. The Kier molecular flexibility index (Phi) is 2.50. The van der Waals surface area contributed by atoms with Crippen LogP contribution in [-0.2, 0) is 6.54 Å². The molecule has 3 rings (SSSR count). The van der Waals surface area contributed by atoms with Gasteiger partial charge in [0.15, 0.2) is 0 Å². The predicted molar refractivity (Wildman–Crippen MR) is 70.2 cm³/mol. The second-order valence-electron chi connectivity index (χ2n) is 4.09. The van der Waals surface area contributed by atoms with Gasteiger partial charge >= 0.3 is 0 Å². The molecule has 0 radical (unpaired) electrons. The van der Waals surface area contributed by atoms with E-state index in [0.717, 1.165) is 22.6 Å². The van der Waals surface area contributed by atoms with Crippen molar-refractivity contribution in [3.05, 3.63) is 54.4 Å². The van der Waals surface area contributed by atoms with E-state index in [-0.39, 0.29) is 5.75 Å². The van der Waals surface area contributed by atoms with Crippen molar-refractivity contribution in [1.29, 1.82) is 0 Å². The lowest BCUT2D eigenvalue weighted by molar-refractivity contribution is 0.477. The van der Waals surface area contributed by atoms with Crippen LogP contribution in [0.25, 0.3) is 16.9 Å². The lowest BCUT2D eigenvalue weighted by Crippen LogP contribution is -2.02. The first-order valence-electron chi connectivity index (χ1n) is 5.75. The van der Waals surface area contributed by atoms with Crippen molar-refractivity contribution in [2.24, 2.45) is 5.73 Å². The standard InChI is InChI=1S/C14H13N3O/c15-8-10-4-3-7-14-16-12(9-17(10)14)11-5-1-2-6-13(11)18/h1-7,9,18H,8,15H2. The molecular formula is C14H13N3O. The maximum absolute atomic E-state index is 9.84. The van der Waals surface area contributed by atoms with Gasteiger partial charge in [-0.05, 0) is 24.3 Å². The van der Waals surface area contributed by atoms with E-state index in [0.29, 0.717) is 6.54 Å². The van der Waals surface area contributed by atoms with Crippen LogP contribution >= 0.6 is 0 Å². The first kappa shape index (κ1) is 10.8. The Labute approximate surface area is 104 Å². The van der Waals surface area contributed by atoms with E-state index in [1.54, 1.807) is 12.1 Å². The number of nitrogens with two attached hydrogens (primary N) is 1. The van der Waals surface area contributed by atoms with E-state index in [9.17, 15) is 5.11 Å². The molecular weight excluding hydrogens is 226 g/mol. The number of benzene rings is 1. The van der Waals surface area contributed by atoms with Crippen molar-refractivity contribution in [2.75, 3.05) is 0 Å². The Morgan fingerprint density at radius 2 is 1.94 bits per heavy atom. The molecule has 0 saturated heterocycles. The van der Waals surface area contributed by atoms with E-state index in [4.69, 9.17) is 5.73 Å². The number of rotatable bonds is 2. The van der Waals surface area contributed by atoms with E-state index in [1.807, 2.05) is 40.9 Å². The summed E-state index contributed by atoms with van der Waals surface area (Å²) in [6, 6.07) is 13.0. The van der Waals surface area contributed by atoms with Crippen LogP contribution in [0.4, 0.5) is 0 Å². The first-order chi connectivity index (χ1) is 8.79. The highest BCUT2D eigenvalue weighted by Gasteiger charge is 2.09. The molecule has 0 amide bonds. The van der Waals surface area contributed by atoms with Crippen LogP contribution in [0.5, 0.6) is 5.75 Å². The molecule has 18 heavy (non-hydrogen) atoms. The highest BCUT2D eigenvalue weighted by molar-refractivity contribution is 5.68. The summed E-state index contributed by atoms with van der Waals surface area (Å²) < 4.78 is 1.95. The predicted octanol–water partition coefficient (Wildman–Crippen LogP) is 2.17. The van der Waals surface area contributed by atoms with Gasteiger partial charge in [0, 0.05) is 24.0 Å². The molecule has 3 N–H and O–H groups in total. The van der Waals surface area contributed by atoms with Gasteiger partial charge in [-0.1, -0.05) is 18.2 Å². The molecule has 4 nitrogen and oxygen atoms in total. The quantitative estimate of drug-likeness (QED) is 0.720. The van der Waals surface area contributed by atoms with Gasteiger partial charge in [0.1, 0.15) is 11.4 Å². The van der Waals surface area contributed by atoms with Gasteiger partial charge in [-0.25, -0.2) is 4.98 Å². The third-order valence-electron chi connectivity index (χ3n) is 2.97. The number of para-hydroxylation sites is 1. The van der Waals surface area contributed by atoms with Crippen LogP contribution in [0, 0.1) is 0 Å². The second-order valence-corrected chi connectivity index (χ2v) is 4.09. The Morgan fingerprint density at radius 1 is 1.11 bits per heavy atom. The second kappa shape index (κ2) is 4.16. The maximum atomic E-state index is 9.84. The summed E-state index contributed by atoms with van der Waals surface area (Å²) in [5.41, 5.74) is 8.98. The monoisotopic (exact) mass is 239 g/mol. The van der Waals surface area contributed by atoms with Crippen molar-refractivity contribution >= 4 is 5.65 Å². The minimum atomic E-state index is 0.232. The zero-order chi connectivity index (χ0) is 12.5. The molecule has 4 heteroatoms. The molecule has 2 aromatic heterocycles. The van der Waals surface area contributed by atoms with Crippen molar-refractivity contribution in [1.82, 2.24) is 9.38 Å². The lowest BCUT2D eigenvalue weighted by atomic mass is 10.1. The van der Waals surface area contributed by atoms with Gasteiger partial charge in [0.05, 0.1) is 5.69 Å². The van der Waals surface area contributed by atoms with Crippen molar-refractivity contribution < 1.29 is 5.11 Å². The SMILES string of the molecule is NCc1cccc2nc(-c3ccccc3O)cn12. The Balaban J connectivity index is 2.23. The van der Waals surface area contributed by atoms with Gasteiger partial charge < -0.3 is 15.2 Å². The molecule has 0 atom stereocenters. The zero-order valence-corrected chi connectivity index (χ0v) is 9.74. The molecule has 0 aliphatic carbocycles. The number of phenolic OH excluding ortho intramolecular Hbond substituents is 1. The molecule has 90 valence electrons. The third-order valence-corrected chi connectivity index (χ3v) is 2.97. The average molecular weight is 239 g/mol. The topological polar surface area (TPSA) is 63.5 Å². The molecule has 0 aliphatic rings. The van der Waals surface area contributed by atoms with Crippen LogP contribution < -0.4 is 5.73 Å². The summed E-state index contributed by atoms with van der Waals surface area (Å²) in [6.45, 7) is 0.452. The van der Waals surface area contributed by atoms with E-state index >= 15 is 0 Å². The lowest BCUT2D eigenvalue weighted by Gasteiger charge is -2.00. The van der Waals surface area contributed by atoms with E-state index < -0.39 is 0 Å². The van der Waals surface area contributed by atoms with Crippen LogP contribution in [0.3, 0.4) is 0 Å². The van der Waals surface area contributed by atoms with E-state index in [1.165, 1.54) is 0 Å². The van der Waals surface area contributed by atoms with Gasteiger partial charge in [-0.15, -0.1) is 0 Å². The van der Waals surface area contributed by atoms with Crippen LogP contribution in [-0.4, -0.2) is 14.5 Å². The Morgan fingerprint density at radius 3 is 2.72 bits per heavy atom. The molecule has 0 saturated carbocycles. The molecule has 0 fully saturated rings. The third kappa shape index (κ3) is 1.63. The number of pyridine rings is 1. The Hall–Kier alpha value is -2.33. The fourth-order valence-electron chi connectivity index (χ4n) is 2.05. The molecule has 0 unspecified atom stereocenters. The summed E-state index contributed by atoms with van der Waals surface area (Å²) in [5.74, 6) is 0.232. The summed E-state index contributed by atoms with van der Waals surface area (Å²) in [5, 5.41) is 9.84. The highest BCUT2D eigenvalue weighted by atomic mass is 16.3. The molecule has 3 aromatic rings. The largest absolute Gasteiger partial charge is 0.507 e. The van der Waals surface area contributed by atoms with Crippen molar-refractivity contribution in [3.63, 3.8) is 0 Å². The van der Waals surface area contributed by atoms with Gasteiger partial charge in [-0.2, -0.15) is 0 Å². The number of nitrogens with zero attached hydrogens (tertiary/aromatic N) is 2. The molecule has 2 heterocycles. The molecule has 1 aromatic carbocycles. The summed E-state index contributed by atoms with van der Waals surface area (Å²) in [6.07, 6.45) is 1.90. The summed E-state index contributed by atoms with van der Waals surface area (Å²) in [4.78, 5) is 4.50. The first-order valence-corrected chi connectivity index (χ1v) is 5.75. The zero-order valence-electron chi connectivity index (χ0n) is 9.74. The van der Waals surface area contributed by atoms with Crippen LogP contribution in [0.15, 0.2) is 48.7 Å². The normalized spacial score (nSPS) is 10.9. The van der Waals surface area contributed by atoms with Crippen LogP contribution in [0.2, 0.25) is 0 Å². The number of phenols is 1. The molecule has 0 spiro atoms.